The third-order valence-electron chi connectivity index (χ3n) is 4.21. The van der Waals surface area contributed by atoms with Crippen LogP contribution in [0.3, 0.4) is 0 Å². The molecule has 3 heterocycles. The summed E-state index contributed by atoms with van der Waals surface area (Å²) in [6.45, 7) is 3.65. The Hall–Kier alpha value is -1.20. The molecule has 5 heteroatoms. The molecule has 2 aliphatic rings. The lowest BCUT2D eigenvalue weighted by Crippen LogP contribution is -2.33. The number of aromatic nitrogens is 2. The number of hydrogen-bond donors (Lipinski definition) is 0. The van der Waals surface area contributed by atoms with Gasteiger partial charge in [-0.05, 0) is 25.2 Å². The first-order chi connectivity index (χ1) is 9.31. The first kappa shape index (κ1) is 12.8. The number of ether oxygens (including phenoxy) is 2. The molecule has 104 valence electrons. The first-order valence-electron chi connectivity index (χ1n) is 6.95. The average molecular weight is 263 g/mol. The van der Waals surface area contributed by atoms with Gasteiger partial charge in [-0.2, -0.15) is 0 Å². The summed E-state index contributed by atoms with van der Waals surface area (Å²) in [5.74, 6) is 1.60. The molecule has 2 fully saturated rings. The van der Waals surface area contributed by atoms with Crippen molar-refractivity contribution in [3.8, 4) is 0 Å². The standard InChI is InChI=1S/C14H21N3O2/c1-18-7-2-12-8-14(19-10-12)3-6-17(11-14)13-9-15-4-5-16-13/h4-5,9,12H,2-3,6-8,10-11H2,1H3/t12-,14-/m0/s1. The fraction of sp³-hybridized carbons (Fsp3) is 0.714. The Kier molecular flexibility index (Phi) is 3.66. The zero-order valence-electron chi connectivity index (χ0n) is 11.4. The molecular weight excluding hydrogens is 242 g/mol. The van der Waals surface area contributed by atoms with Crippen molar-refractivity contribution in [2.75, 3.05) is 38.3 Å². The van der Waals surface area contributed by atoms with Crippen LogP contribution < -0.4 is 4.90 Å². The highest BCUT2D eigenvalue weighted by atomic mass is 16.5. The lowest BCUT2D eigenvalue weighted by molar-refractivity contribution is 0.0213. The van der Waals surface area contributed by atoms with E-state index in [1.165, 1.54) is 0 Å². The molecule has 2 saturated heterocycles. The average Bonchev–Trinajstić information content (AvgIpc) is 3.05. The molecule has 0 unspecified atom stereocenters. The van der Waals surface area contributed by atoms with Gasteiger partial charge in [0, 0.05) is 39.2 Å². The maximum atomic E-state index is 6.12. The molecule has 1 spiro atoms. The van der Waals surface area contributed by atoms with Gasteiger partial charge < -0.3 is 14.4 Å². The van der Waals surface area contributed by atoms with E-state index in [-0.39, 0.29) is 5.60 Å². The Morgan fingerprint density at radius 3 is 3.26 bits per heavy atom. The molecule has 1 aromatic rings. The van der Waals surface area contributed by atoms with Crippen molar-refractivity contribution in [2.24, 2.45) is 5.92 Å². The number of hydrogen-bond acceptors (Lipinski definition) is 5. The highest BCUT2D eigenvalue weighted by molar-refractivity contribution is 5.38. The van der Waals surface area contributed by atoms with Crippen molar-refractivity contribution in [2.45, 2.75) is 24.9 Å². The van der Waals surface area contributed by atoms with Gasteiger partial charge in [0.05, 0.1) is 18.4 Å². The second-order valence-electron chi connectivity index (χ2n) is 5.58. The van der Waals surface area contributed by atoms with Crippen LogP contribution in [0.4, 0.5) is 5.82 Å². The zero-order chi connectivity index (χ0) is 13.1. The van der Waals surface area contributed by atoms with Gasteiger partial charge in [-0.15, -0.1) is 0 Å². The zero-order valence-corrected chi connectivity index (χ0v) is 11.4. The predicted octanol–water partition coefficient (Wildman–Crippen LogP) is 1.50. The molecule has 5 nitrogen and oxygen atoms in total. The van der Waals surface area contributed by atoms with Crippen molar-refractivity contribution >= 4 is 5.82 Å². The van der Waals surface area contributed by atoms with Crippen LogP contribution in [0.2, 0.25) is 0 Å². The number of nitrogens with zero attached hydrogens (tertiary/aromatic N) is 3. The van der Waals surface area contributed by atoms with Crippen molar-refractivity contribution in [3.05, 3.63) is 18.6 Å². The van der Waals surface area contributed by atoms with Gasteiger partial charge in [-0.1, -0.05) is 0 Å². The van der Waals surface area contributed by atoms with E-state index >= 15 is 0 Å². The molecule has 19 heavy (non-hydrogen) atoms. The van der Waals surface area contributed by atoms with E-state index in [4.69, 9.17) is 9.47 Å². The minimum atomic E-state index is 0.0376. The summed E-state index contributed by atoms with van der Waals surface area (Å²) in [6, 6.07) is 0. The van der Waals surface area contributed by atoms with Gasteiger partial charge in [-0.25, -0.2) is 4.98 Å². The highest BCUT2D eigenvalue weighted by Crippen LogP contribution is 2.39. The highest BCUT2D eigenvalue weighted by Gasteiger charge is 2.45. The largest absolute Gasteiger partial charge is 0.385 e. The third-order valence-corrected chi connectivity index (χ3v) is 4.21. The molecular formula is C14H21N3O2. The summed E-state index contributed by atoms with van der Waals surface area (Å²) in [6.07, 6.45) is 8.62. The van der Waals surface area contributed by atoms with Gasteiger partial charge in [0.25, 0.3) is 0 Å². The summed E-state index contributed by atoms with van der Waals surface area (Å²) in [7, 11) is 1.76. The van der Waals surface area contributed by atoms with E-state index in [0.717, 1.165) is 51.4 Å². The van der Waals surface area contributed by atoms with Gasteiger partial charge in [0.15, 0.2) is 0 Å². The van der Waals surface area contributed by atoms with Crippen LogP contribution in [0.5, 0.6) is 0 Å². The predicted molar refractivity (Wildman–Crippen MR) is 72.1 cm³/mol. The van der Waals surface area contributed by atoms with Crippen LogP contribution in [-0.4, -0.2) is 49.0 Å². The lowest BCUT2D eigenvalue weighted by atomic mass is 9.92. The van der Waals surface area contributed by atoms with E-state index in [1.807, 2.05) is 6.20 Å². The van der Waals surface area contributed by atoms with Crippen LogP contribution in [0.25, 0.3) is 0 Å². The Morgan fingerprint density at radius 1 is 1.53 bits per heavy atom. The number of methoxy groups -OCH3 is 1. The summed E-state index contributed by atoms with van der Waals surface area (Å²) in [5.41, 5.74) is 0.0376. The maximum Gasteiger partial charge on any atom is 0.147 e. The van der Waals surface area contributed by atoms with Crippen LogP contribution in [-0.2, 0) is 9.47 Å². The van der Waals surface area contributed by atoms with E-state index < -0.39 is 0 Å². The molecule has 0 N–H and O–H groups in total. The summed E-state index contributed by atoms with van der Waals surface area (Å²) in [4.78, 5) is 10.8. The fourth-order valence-electron chi connectivity index (χ4n) is 3.19. The molecule has 0 saturated carbocycles. The SMILES string of the molecule is COCC[C@@H]1CO[C@@]2(CCN(c3cnccn3)C2)C1. The normalized spacial score (nSPS) is 30.4. The first-order valence-corrected chi connectivity index (χ1v) is 6.95. The van der Waals surface area contributed by atoms with Crippen LogP contribution in [0.1, 0.15) is 19.3 Å². The molecule has 1 aromatic heterocycles. The Balaban J connectivity index is 1.60. The molecule has 2 aliphatic heterocycles. The lowest BCUT2D eigenvalue weighted by Gasteiger charge is -2.23. The minimum absolute atomic E-state index is 0.0376. The molecule has 2 atom stereocenters. The molecule has 0 amide bonds. The van der Waals surface area contributed by atoms with Crippen molar-refractivity contribution in [1.82, 2.24) is 9.97 Å². The van der Waals surface area contributed by atoms with Crippen molar-refractivity contribution in [3.63, 3.8) is 0 Å². The Morgan fingerprint density at radius 2 is 2.47 bits per heavy atom. The van der Waals surface area contributed by atoms with Crippen LogP contribution >= 0.6 is 0 Å². The number of anilines is 1. The monoisotopic (exact) mass is 263 g/mol. The van der Waals surface area contributed by atoms with Gasteiger partial charge in [0.1, 0.15) is 5.82 Å². The van der Waals surface area contributed by atoms with E-state index in [1.54, 1.807) is 19.5 Å². The summed E-state index contributed by atoms with van der Waals surface area (Å²) >= 11 is 0. The van der Waals surface area contributed by atoms with Gasteiger partial charge in [-0.3, -0.25) is 4.98 Å². The second-order valence-corrected chi connectivity index (χ2v) is 5.58. The fourth-order valence-corrected chi connectivity index (χ4v) is 3.19. The summed E-state index contributed by atoms with van der Waals surface area (Å²) in [5, 5.41) is 0. The van der Waals surface area contributed by atoms with E-state index in [0.29, 0.717) is 5.92 Å². The molecule has 3 rings (SSSR count). The third kappa shape index (κ3) is 2.72. The van der Waals surface area contributed by atoms with Gasteiger partial charge in [0.2, 0.25) is 0 Å². The molecule has 0 bridgehead atoms. The topological polar surface area (TPSA) is 47.5 Å². The number of rotatable bonds is 4. The second kappa shape index (κ2) is 5.43. The molecule has 0 aromatic carbocycles. The Bertz CT molecular complexity index is 414. The molecule has 0 aliphatic carbocycles. The van der Waals surface area contributed by atoms with Crippen molar-refractivity contribution < 1.29 is 9.47 Å². The van der Waals surface area contributed by atoms with E-state index in [2.05, 4.69) is 14.9 Å². The van der Waals surface area contributed by atoms with Crippen LogP contribution in [0, 0.1) is 5.92 Å². The van der Waals surface area contributed by atoms with Crippen molar-refractivity contribution in [1.29, 1.82) is 0 Å². The van der Waals surface area contributed by atoms with Gasteiger partial charge >= 0.3 is 0 Å². The minimum Gasteiger partial charge on any atom is -0.385 e. The van der Waals surface area contributed by atoms with E-state index in [9.17, 15) is 0 Å². The smallest absolute Gasteiger partial charge is 0.147 e. The molecule has 0 radical (unpaired) electrons. The van der Waals surface area contributed by atoms with Crippen LogP contribution in [0.15, 0.2) is 18.6 Å². The quantitative estimate of drug-likeness (QED) is 0.824. The maximum absolute atomic E-state index is 6.12. The Labute approximate surface area is 113 Å². The summed E-state index contributed by atoms with van der Waals surface area (Å²) < 4.78 is 11.3.